The van der Waals surface area contributed by atoms with E-state index in [4.69, 9.17) is 0 Å². The summed E-state index contributed by atoms with van der Waals surface area (Å²) < 4.78 is 0. The minimum Gasteiger partial charge on any atom is -0.369 e. The van der Waals surface area contributed by atoms with Crippen LogP contribution in [0.25, 0.3) is 11.0 Å². The van der Waals surface area contributed by atoms with Crippen molar-refractivity contribution in [1.82, 2.24) is 20.2 Å². The molecule has 1 aromatic carbocycles. The fourth-order valence-electron chi connectivity index (χ4n) is 2.05. The molecular formula is C14H15N5. The highest BCUT2D eigenvalue weighted by Crippen LogP contribution is 2.15. The van der Waals surface area contributed by atoms with Gasteiger partial charge >= 0.3 is 0 Å². The van der Waals surface area contributed by atoms with Gasteiger partial charge in [-0.25, -0.2) is 9.97 Å². The average Bonchev–Trinajstić information content (AvgIpc) is 2.94. The molecule has 2 aromatic heterocycles. The molecule has 0 radical (unpaired) electrons. The van der Waals surface area contributed by atoms with Crippen molar-refractivity contribution >= 4 is 16.9 Å². The van der Waals surface area contributed by atoms with Crippen LogP contribution >= 0.6 is 0 Å². The Morgan fingerprint density at radius 3 is 2.89 bits per heavy atom. The van der Waals surface area contributed by atoms with E-state index >= 15 is 0 Å². The van der Waals surface area contributed by atoms with Crippen molar-refractivity contribution in [3.8, 4) is 0 Å². The van der Waals surface area contributed by atoms with Gasteiger partial charge < -0.3 is 5.32 Å². The molecule has 0 aliphatic carbocycles. The van der Waals surface area contributed by atoms with Gasteiger partial charge in [0.15, 0.2) is 5.65 Å². The molecule has 19 heavy (non-hydrogen) atoms. The zero-order chi connectivity index (χ0) is 12.9. The lowest BCUT2D eigenvalue weighted by molar-refractivity contribution is 0.859. The molecule has 0 spiro atoms. The van der Waals surface area contributed by atoms with Gasteiger partial charge in [-0.2, -0.15) is 5.10 Å². The molecule has 0 aliphatic rings. The largest absolute Gasteiger partial charge is 0.369 e. The Labute approximate surface area is 111 Å². The van der Waals surface area contributed by atoms with Gasteiger partial charge in [0.1, 0.15) is 12.1 Å². The van der Waals surface area contributed by atoms with Gasteiger partial charge in [0.25, 0.3) is 0 Å². The van der Waals surface area contributed by atoms with Gasteiger partial charge in [-0.05, 0) is 18.4 Å². The van der Waals surface area contributed by atoms with Gasteiger partial charge in [-0.3, -0.25) is 5.10 Å². The molecule has 2 heterocycles. The van der Waals surface area contributed by atoms with Crippen molar-refractivity contribution in [3.63, 3.8) is 0 Å². The number of aromatic nitrogens is 4. The van der Waals surface area contributed by atoms with Crippen molar-refractivity contribution in [3.05, 3.63) is 48.4 Å². The second-order valence-electron chi connectivity index (χ2n) is 4.37. The molecule has 0 aliphatic heterocycles. The summed E-state index contributed by atoms with van der Waals surface area (Å²) in [6, 6.07) is 10.5. The summed E-state index contributed by atoms with van der Waals surface area (Å²) in [4.78, 5) is 8.35. The van der Waals surface area contributed by atoms with Crippen molar-refractivity contribution < 1.29 is 0 Å². The van der Waals surface area contributed by atoms with E-state index in [1.54, 1.807) is 12.5 Å². The van der Waals surface area contributed by atoms with Gasteiger partial charge in [-0.1, -0.05) is 30.3 Å². The Morgan fingerprint density at radius 2 is 2.00 bits per heavy atom. The first kappa shape index (κ1) is 11.6. The van der Waals surface area contributed by atoms with E-state index in [0.29, 0.717) is 0 Å². The highest BCUT2D eigenvalue weighted by Gasteiger charge is 2.03. The number of aryl methyl sites for hydroxylation is 1. The normalized spacial score (nSPS) is 10.7. The van der Waals surface area contributed by atoms with Crippen molar-refractivity contribution in [2.75, 3.05) is 11.9 Å². The van der Waals surface area contributed by atoms with Crippen molar-refractivity contribution in [2.45, 2.75) is 12.8 Å². The maximum absolute atomic E-state index is 4.24. The number of benzene rings is 1. The lowest BCUT2D eigenvalue weighted by atomic mass is 10.1. The van der Waals surface area contributed by atoms with Crippen LogP contribution in [0.15, 0.2) is 42.9 Å². The number of nitrogens with one attached hydrogen (secondary N) is 2. The van der Waals surface area contributed by atoms with E-state index in [0.717, 1.165) is 36.2 Å². The van der Waals surface area contributed by atoms with Crippen LogP contribution in [0.4, 0.5) is 5.82 Å². The van der Waals surface area contributed by atoms with Crippen LogP contribution in [-0.4, -0.2) is 26.7 Å². The van der Waals surface area contributed by atoms with Gasteiger partial charge in [0.2, 0.25) is 0 Å². The Bertz CT molecular complexity index is 647. The zero-order valence-electron chi connectivity index (χ0n) is 10.5. The smallest absolute Gasteiger partial charge is 0.160 e. The highest BCUT2D eigenvalue weighted by atomic mass is 15.2. The highest BCUT2D eigenvalue weighted by molar-refractivity contribution is 5.85. The van der Waals surface area contributed by atoms with E-state index < -0.39 is 0 Å². The summed E-state index contributed by atoms with van der Waals surface area (Å²) in [5.74, 6) is 0.840. The van der Waals surface area contributed by atoms with E-state index in [1.165, 1.54) is 5.56 Å². The molecule has 0 saturated carbocycles. The first-order valence-electron chi connectivity index (χ1n) is 6.35. The summed E-state index contributed by atoms with van der Waals surface area (Å²) in [5.41, 5.74) is 2.13. The lowest BCUT2D eigenvalue weighted by Crippen LogP contribution is -2.05. The minimum atomic E-state index is 0.764. The third-order valence-electron chi connectivity index (χ3n) is 3.03. The molecule has 3 rings (SSSR count). The van der Waals surface area contributed by atoms with E-state index in [-0.39, 0.29) is 0 Å². The number of aromatic amines is 1. The number of rotatable bonds is 5. The van der Waals surface area contributed by atoms with Crippen molar-refractivity contribution in [1.29, 1.82) is 0 Å². The van der Waals surface area contributed by atoms with Crippen LogP contribution < -0.4 is 5.32 Å². The standard InChI is InChI=1S/C14H15N5/c1-2-5-11(6-3-1)7-4-8-15-13-12-9-18-19-14(12)17-10-16-13/h1-3,5-6,9-10H,4,7-8H2,(H2,15,16,17,18,19). The van der Waals surface area contributed by atoms with Gasteiger partial charge in [0.05, 0.1) is 11.6 Å². The molecule has 0 bridgehead atoms. The Balaban J connectivity index is 1.57. The quantitative estimate of drug-likeness (QED) is 0.685. The maximum atomic E-state index is 4.24. The van der Waals surface area contributed by atoms with Crippen LogP contribution in [0, 0.1) is 0 Å². The maximum Gasteiger partial charge on any atom is 0.160 e. The van der Waals surface area contributed by atoms with E-state index in [9.17, 15) is 0 Å². The molecule has 0 amide bonds. The number of hydrogen-bond acceptors (Lipinski definition) is 4. The topological polar surface area (TPSA) is 66.5 Å². The summed E-state index contributed by atoms with van der Waals surface area (Å²) >= 11 is 0. The predicted molar refractivity (Wildman–Crippen MR) is 74.9 cm³/mol. The zero-order valence-corrected chi connectivity index (χ0v) is 10.5. The van der Waals surface area contributed by atoms with E-state index in [2.05, 4.69) is 49.7 Å². The van der Waals surface area contributed by atoms with E-state index in [1.807, 2.05) is 6.07 Å². The third-order valence-corrected chi connectivity index (χ3v) is 3.03. The van der Waals surface area contributed by atoms with Gasteiger partial charge in [-0.15, -0.1) is 0 Å². The summed E-state index contributed by atoms with van der Waals surface area (Å²) in [7, 11) is 0. The van der Waals surface area contributed by atoms with Crippen LogP contribution in [-0.2, 0) is 6.42 Å². The molecular weight excluding hydrogens is 238 g/mol. The lowest BCUT2D eigenvalue weighted by Gasteiger charge is -2.06. The Kier molecular flexibility index (Phi) is 3.36. The summed E-state index contributed by atoms with van der Waals surface area (Å²) in [6.07, 6.45) is 5.41. The van der Waals surface area contributed by atoms with Crippen LogP contribution in [0.1, 0.15) is 12.0 Å². The summed E-state index contributed by atoms with van der Waals surface area (Å²) in [6.45, 7) is 0.881. The number of fused-ring (bicyclic) bond motifs is 1. The monoisotopic (exact) mass is 253 g/mol. The van der Waals surface area contributed by atoms with Crippen molar-refractivity contribution in [2.24, 2.45) is 0 Å². The number of H-pyrrole nitrogens is 1. The number of anilines is 1. The SMILES string of the molecule is c1ccc(CCCNc2ncnc3[nH]ncc23)cc1. The summed E-state index contributed by atoms with van der Waals surface area (Å²) in [5, 5.41) is 11.1. The Hall–Kier alpha value is -2.43. The molecule has 0 saturated heterocycles. The molecule has 0 unspecified atom stereocenters. The Morgan fingerprint density at radius 1 is 1.11 bits per heavy atom. The predicted octanol–water partition coefficient (Wildman–Crippen LogP) is 2.40. The van der Waals surface area contributed by atoms with Crippen LogP contribution in [0.3, 0.4) is 0 Å². The first-order valence-corrected chi connectivity index (χ1v) is 6.35. The number of nitrogens with zero attached hydrogens (tertiary/aromatic N) is 3. The second-order valence-corrected chi connectivity index (χ2v) is 4.37. The second kappa shape index (κ2) is 5.48. The molecule has 0 fully saturated rings. The molecule has 0 atom stereocenters. The number of hydrogen-bond donors (Lipinski definition) is 2. The average molecular weight is 253 g/mol. The first-order chi connectivity index (χ1) is 9.43. The van der Waals surface area contributed by atoms with Crippen LogP contribution in [0.2, 0.25) is 0 Å². The van der Waals surface area contributed by atoms with Gasteiger partial charge in [0, 0.05) is 6.54 Å². The third kappa shape index (κ3) is 2.70. The minimum absolute atomic E-state index is 0.764. The molecule has 2 N–H and O–H groups in total. The fraction of sp³-hybridized carbons (Fsp3) is 0.214. The fourth-order valence-corrected chi connectivity index (χ4v) is 2.05. The molecule has 3 aromatic rings. The molecule has 5 heteroatoms. The molecule has 96 valence electrons. The van der Waals surface area contributed by atoms with Crippen LogP contribution in [0.5, 0.6) is 0 Å². The molecule has 5 nitrogen and oxygen atoms in total.